The third-order valence-corrected chi connectivity index (χ3v) is 6.93. The van der Waals surface area contributed by atoms with Crippen molar-refractivity contribution in [1.82, 2.24) is 0 Å². The second-order valence-corrected chi connectivity index (χ2v) is 8.55. The van der Waals surface area contributed by atoms with Gasteiger partial charge in [-0.25, -0.2) is 4.79 Å². The van der Waals surface area contributed by atoms with E-state index >= 15 is 0 Å². The van der Waals surface area contributed by atoms with Gasteiger partial charge in [0.15, 0.2) is 0 Å². The van der Waals surface area contributed by atoms with Gasteiger partial charge in [-0.3, -0.25) is 4.79 Å². The molecule has 6 nitrogen and oxygen atoms in total. The van der Waals surface area contributed by atoms with E-state index in [1.165, 1.54) is 16.3 Å². The smallest absolute Gasteiger partial charge is 0.338 e. The van der Waals surface area contributed by atoms with Gasteiger partial charge in [-0.1, -0.05) is 18.2 Å². The number of piperidine rings is 1. The Bertz CT molecular complexity index is 1060. The fourth-order valence-corrected chi connectivity index (χ4v) is 5.43. The molecule has 0 aromatic heterocycles. The first-order valence-corrected chi connectivity index (χ1v) is 11.1. The standard InChI is InChI=1S/C25H27N3O3/c1-3-31-23(29)18-11-13-20(14-12-18)28-24(30)25(17(2)26-28)16-19-8-4-5-9-21(19)27-15-7-6-10-22(25)27/h4-5,8-9,11-14,22H,3,6-7,10,15-16H2,1-2H3/t22-,25+/m0/s1. The highest BCUT2D eigenvalue weighted by Crippen LogP contribution is 2.49. The maximum absolute atomic E-state index is 14.0. The first-order chi connectivity index (χ1) is 15.1. The number of anilines is 2. The lowest BCUT2D eigenvalue weighted by molar-refractivity contribution is -0.125. The monoisotopic (exact) mass is 417 g/mol. The minimum absolute atomic E-state index is 0.0280. The topological polar surface area (TPSA) is 62.2 Å². The van der Waals surface area contributed by atoms with E-state index in [-0.39, 0.29) is 17.9 Å². The maximum Gasteiger partial charge on any atom is 0.338 e. The largest absolute Gasteiger partial charge is 0.462 e. The highest BCUT2D eigenvalue weighted by Gasteiger charge is 2.58. The SMILES string of the molecule is CCOC(=O)c1ccc(N2N=C(C)[C@@]3(Cc4ccccc4N4CCCC[C@H]43)C2=O)cc1. The molecule has 3 aliphatic rings. The third-order valence-electron chi connectivity index (χ3n) is 6.93. The van der Waals surface area contributed by atoms with E-state index < -0.39 is 5.41 Å². The zero-order valence-corrected chi connectivity index (χ0v) is 18.0. The number of hydrazone groups is 1. The van der Waals surface area contributed by atoms with E-state index in [0.717, 1.165) is 31.5 Å². The lowest BCUT2D eigenvalue weighted by atomic mass is 9.66. The van der Waals surface area contributed by atoms with Crippen LogP contribution < -0.4 is 9.91 Å². The number of carbonyl (C=O) groups excluding carboxylic acids is 2. The van der Waals surface area contributed by atoms with Crippen LogP contribution in [-0.4, -0.2) is 36.8 Å². The van der Waals surface area contributed by atoms with Gasteiger partial charge < -0.3 is 9.64 Å². The van der Waals surface area contributed by atoms with Gasteiger partial charge in [-0.15, -0.1) is 0 Å². The molecule has 0 radical (unpaired) electrons. The van der Waals surface area contributed by atoms with Gasteiger partial charge in [0.25, 0.3) is 5.91 Å². The lowest BCUT2D eigenvalue weighted by Crippen LogP contribution is -2.61. The van der Waals surface area contributed by atoms with Crippen molar-refractivity contribution < 1.29 is 14.3 Å². The van der Waals surface area contributed by atoms with Crippen LogP contribution in [0.25, 0.3) is 0 Å². The van der Waals surface area contributed by atoms with Crippen LogP contribution in [0, 0.1) is 5.41 Å². The highest BCUT2D eigenvalue weighted by molar-refractivity contribution is 6.20. The van der Waals surface area contributed by atoms with E-state index in [2.05, 4.69) is 29.2 Å². The molecule has 1 fully saturated rings. The predicted molar refractivity (Wildman–Crippen MR) is 121 cm³/mol. The summed E-state index contributed by atoms with van der Waals surface area (Å²) < 4.78 is 5.06. The number of benzene rings is 2. The van der Waals surface area contributed by atoms with Crippen LogP contribution in [0.2, 0.25) is 0 Å². The fraction of sp³-hybridized carbons (Fsp3) is 0.400. The van der Waals surface area contributed by atoms with Crippen molar-refractivity contribution in [3.63, 3.8) is 0 Å². The molecular weight excluding hydrogens is 390 g/mol. The van der Waals surface area contributed by atoms with E-state index in [1.54, 1.807) is 31.2 Å². The molecule has 6 heteroatoms. The van der Waals surface area contributed by atoms with Crippen molar-refractivity contribution in [2.24, 2.45) is 10.5 Å². The molecule has 1 amide bonds. The third kappa shape index (κ3) is 2.96. The molecule has 31 heavy (non-hydrogen) atoms. The number of nitrogens with zero attached hydrogens (tertiary/aromatic N) is 3. The van der Waals surface area contributed by atoms with Gasteiger partial charge in [0.1, 0.15) is 5.41 Å². The summed E-state index contributed by atoms with van der Waals surface area (Å²) in [5, 5.41) is 6.28. The van der Waals surface area contributed by atoms with E-state index in [0.29, 0.717) is 24.3 Å². The maximum atomic E-state index is 14.0. The van der Waals surface area contributed by atoms with E-state index in [1.807, 2.05) is 6.92 Å². The number of fused-ring (bicyclic) bond motifs is 4. The molecule has 0 saturated carbocycles. The van der Waals surface area contributed by atoms with Crippen LogP contribution in [0.5, 0.6) is 0 Å². The second kappa shape index (κ2) is 7.52. The summed E-state index contributed by atoms with van der Waals surface area (Å²) in [5.74, 6) is -0.333. The summed E-state index contributed by atoms with van der Waals surface area (Å²) >= 11 is 0. The zero-order chi connectivity index (χ0) is 21.6. The molecule has 2 aromatic rings. The number of carbonyl (C=O) groups is 2. The molecule has 2 atom stereocenters. The van der Waals surface area contributed by atoms with Crippen LogP contribution >= 0.6 is 0 Å². The van der Waals surface area contributed by atoms with Crippen molar-refractivity contribution in [2.75, 3.05) is 23.1 Å². The normalized spacial score (nSPS) is 24.6. The minimum atomic E-state index is -0.644. The van der Waals surface area contributed by atoms with Crippen LogP contribution in [0.4, 0.5) is 11.4 Å². The Labute approximate surface area is 182 Å². The van der Waals surface area contributed by atoms with Crippen molar-refractivity contribution in [1.29, 1.82) is 0 Å². The molecule has 0 N–H and O–H groups in total. The highest BCUT2D eigenvalue weighted by atomic mass is 16.5. The van der Waals surface area contributed by atoms with Crippen LogP contribution in [0.1, 0.15) is 49.0 Å². The van der Waals surface area contributed by atoms with Crippen molar-refractivity contribution in [3.8, 4) is 0 Å². The Morgan fingerprint density at radius 2 is 1.94 bits per heavy atom. The van der Waals surface area contributed by atoms with Crippen LogP contribution in [-0.2, 0) is 16.0 Å². The molecule has 0 bridgehead atoms. The van der Waals surface area contributed by atoms with Crippen molar-refractivity contribution in [2.45, 2.75) is 45.6 Å². The molecular formula is C25H27N3O3. The number of rotatable bonds is 3. The first kappa shape index (κ1) is 19.8. The summed E-state index contributed by atoms with van der Waals surface area (Å²) in [4.78, 5) is 28.4. The molecule has 2 aromatic carbocycles. The number of amides is 1. The Morgan fingerprint density at radius 3 is 2.71 bits per heavy atom. The van der Waals surface area contributed by atoms with Gasteiger partial charge in [-0.05, 0) is 75.4 Å². The van der Waals surface area contributed by atoms with Gasteiger partial charge in [0, 0.05) is 18.3 Å². The molecule has 0 unspecified atom stereocenters. The number of hydrogen-bond donors (Lipinski definition) is 0. The molecule has 1 spiro atoms. The van der Waals surface area contributed by atoms with Gasteiger partial charge in [-0.2, -0.15) is 10.1 Å². The second-order valence-electron chi connectivity index (χ2n) is 8.55. The van der Waals surface area contributed by atoms with Crippen molar-refractivity contribution >= 4 is 29.0 Å². The summed E-state index contributed by atoms with van der Waals surface area (Å²) in [6, 6.07) is 15.5. The van der Waals surface area contributed by atoms with E-state index in [9.17, 15) is 9.59 Å². The Balaban J connectivity index is 1.51. The molecule has 160 valence electrons. The summed E-state index contributed by atoms with van der Waals surface area (Å²) in [5.41, 5.74) is 3.85. The molecule has 3 heterocycles. The minimum Gasteiger partial charge on any atom is -0.462 e. The number of esters is 1. The quantitative estimate of drug-likeness (QED) is 0.703. The first-order valence-electron chi connectivity index (χ1n) is 11.1. The number of para-hydroxylation sites is 1. The Morgan fingerprint density at radius 1 is 1.16 bits per heavy atom. The summed E-state index contributed by atoms with van der Waals surface area (Å²) in [7, 11) is 0. The summed E-state index contributed by atoms with van der Waals surface area (Å²) in [6.45, 7) is 5.07. The average molecular weight is 418 g/mol. The molecule has 1 saturated heterocycles. The predicted octanol–water partition coefficient (Wildman–Crippen LogP) is 4.19. The number of ether oxygens (including phenoxy) is 1. The van der Waals surface area contributed by atoms with Gasteiger partial charge in [0.05, 0.1) is 23.6 Å². The molecule has 3 aliphatic heterocycles. The lowest BCUT2D eigenvalue weighted by Gasteiger charge is -2.51. The van der Waals surface area contributed by atoms with Gasteiger partial charge in [0.2, 0.25) is 0 Å². The number of hydrogen-bond acceptors (Lipinski definition) is 5. The fourth-order valence-electron chi connectivity index (χ4n) is 5.43. The Kier molecular flexibility index (Phi) is 4.80. The summed E-state index contributed by atoms with van der Waals surface area (Å²) in [6.07, 6.45) is 3.93. The molecule has 0 aliphatic carbocycles. The van der Waals surface area contributed by atoms with Crippen LogP contribution in [0.3, 0.4) is 0 Å². The zero-order valence-electron chi connectivity index (χ0n) is 18.0. The van der Waals surface area contributed by atoms with E-state index in [4.69, 9.17) is 9.84 Å². The Hall–Kier alpha value is -3.15. The average Bonchev–Trinajstić information content (AvgIpc) is 3.05. The molecule has 5 rings (SSSR count). The van der Waals surface area contributed by atoms with Gasteiger partial charge >= 0.3 is 5.97 Å². The van der Waals surface area contributed by atoms with Crippen molar-refractivity contribution in [3.05, 3.63) is 59.7 Å². The van der Waals surface area contributed by atoms with Crippen LogP contribution in [0.15, 0.2) is 53.6 Å².